The molecule has 0 aliphatic carbocycles. The maximum absolute atomic E-state index is 10.7. The molecule has 2 rings (SSSR count). The molecule has 1 aromatic carbocycles. The second-order valence-corrected chi connectivity index (χ2v) is 5.21. The van der Waals surface area contributed by atoms with Gasteiger partial charge in [0.15, 0.2) is 0 Å². The van der Waals surface area contributed by atoms with Crippen LogP contribution >= 0.6 is 0 Å². The smallest absolute Gasteiger partial charge is 0.125 e. The van der Waals surface area contributed by atoms with Crippen LogP contribution in [0.1, 0.15) is 38.4 Å². The third-order valence-electron chi connectivity index (χ3n) is 3.98. The number of aliphatic hydroxyl groups is 1. The van der Waals surface area contributed by atoms with Crippen LogP contribution < -0.4 is 9.47 Å². The summed E-state index contributed by atoms with van der Waals surface area (Å²) in [6.07, 6.45) is 1.78. The maximum Gasteiger partial charge on any atom is 0.125 e. The van der Waals surface area contributed by atoms with Gasteiger partial charge in [0.2, 0.25) is 0 Å². The first-order chi connectivity index (χ1) is 9.71. The Hall–Kier alpha value is -1.26. The van der Waals surface area contributed by atoms with Crippen LogP contribution in [0.3, 0.4) is 0 Å². The minimum absolute atomic E-state index is 0.0196. The van der Waals surface area contributed by atoms with E-state index >= 15 is 0 Å². The number of rotatable bonds is 6. The molecule has 4 heteroatoms. The largest absolute Gasteiger partial charge is 0.497 e. The molecular formula is C16H25NO3. The van der Waals surface area contributed by atoms with Gasteiger partial charge >= 0.3 is 0 Å². The Morgan fingerprint density at radius 2 is 2.20 bits per heavy atom. The Kier molecular flexibility index (Phi) is 5.26. The maximum atomic E-state index is 10.7. The molecule has 1 aliphatic rings. The Bertz CT molecular complexity index is 436. The lowest BCUT2D eigenvalue weighted by Gasteiger charge is -2.38. The summed E-state index contributed by atoms with van der Waals surface area (Å²) in [5.41, 5.74) is 0.829. The predicted molar refractivity (Wildman–Crippen MR) is 79.4 cm³/mol. The first-order valence-electron chi connectivity index (χ1n) is 7.44. The molecule has 1 aromatic rings. The molecule has 0 amide bonds. The summed E-state index contributed by atoms with van der Waals surface area (Å²) >= 11 is 0. The molecule has 1 N–H and O–H groups in total. The Labute approximate surface area is 121 Å². The zero-order valence-electron chi connectivity index (χ0n) is 12.6. The quantitative estimate of drug-likeness (QED) is 0.869. The standard InChI is InChI=1S/C16H25NO3/c1-4-6-9-17(5-2)14-11-20-15-8-7-12(19-3)10-13(15)16(14)18/h7-8,10,14,16,18H,4-6,9,11H2,1-3H3. The molecule has 0 saturated carbocycles. The summed E-state index contributed by atoms with van der Waals surface area (Å²) in [4.78, 5) is 2.30. The number of likely N-dealkylation sites (N-methyl/N-ethyl adjacent to an activating group) is 1. The molecule has 2 unspecified atom stereocenters. The fourth-order valence-corrected chi connectivity index (χ4v) is 2.71. The number of ether oxygens (including phenoxy) is 2. The molecule has 1 heterocycles. The lowest BCUT2D eigenvalue weighted by molar-refractivity contribution is 0.00488. The number of benzene rings is 1. The molecule has 0 fully saturated rings. The van der Waals surface area contributed by atoms with E-state index in [2.05, 4.69) is 18.7 Å². The van der Waals surface area contributed by atoms with E-state index in [1.165, 1.54) is 0 Å². The lowest BCUT2D eigenvalue weighted by Crippen LogP contribution is -2.46. The second-order valence-electron chi connectivity index (χ2n) is 5.21. The predicted octanol–water partition coefficient (Wildman–Crippen LogP) is 2.61. The molecule has 2 atom stereocenters. The molecule has 20 heavy (non-hydrogen) atoms. The fourth-order valence-electron chi connectivity index (χ4n) is 2.71. The van der Waals surface area contributed by atoms with Gasteiger partial charge in [0, 0.05) is 5.56 Å². The van der Waals surface area contributed by atoms with E-state index in [1.54, 1.807) is 7.11 Å². The van der Waals surface area contributed by atoms with Crippen molar-refractivity contribution in [2.45, 2.75) is 38.8 Å². The van der Waals surface area contributed by atoms with Crippen molar-refractivity contribution in [3.05, 3.63) is 23.8 Å². The van der Waals surface area contributed by atoms with Crippen LogP contribution in [0.2, 0.25) is 0 Å². The molecule has 1 aliphatic heterocycles. The summed E-state index contributed by atoms with van der Waals surface area (Å²) in [5.74, 6) is 1.52. The average molecular weight is 279 g/mol. The minimum Gasteiger partial charge on any atom is -0.497 e. The molecule has 0 spiro atoms. The van der Waals surface area contributed by atoms with Crippen LogP contribution in [0.5, 0.6) is 11.5 Å². The van der Waals surface area contributed by atoms with Crippen LogP contribution in [-0.2, 0) is 0 Å². The van der Waals surface area contributed by atoms with Crippen LogP contribution in [-0.4, -0.2) is 42.9 Å². The van der Waals surface area contributed by atoms with E-state index < -0.39 is 6.10 Å². The number of hydrogen-bond acceptors (Lipinski definition) is 4. The molecule has 0 bridgehead atoms. The summed E-state index contributed by atoms with van der Waals surface area (Å²) in [7, 11) is 1.63. The molecule has 0 radical (unpaired) electrons. The van der Waals surface area contributed by atoms with Gasteiger partial charge < -0.3 is 14.6 Å². The van der Waals surface area contributed by atoms with Crippen LogP contribution in [0.25, 0.3) is 0 Å². The highest BCUT2D eigenvalue weighted by Gasteiger charge is 2.33. The third kappa shape index (κ3) is 3.07. The van der Waals surface area contributed by atoms with Gasteiger partial charge in [0.05, 0.1) is 13.2 Å². The molecule has 0 aromatic heterocycles. The first kappa shape index (κ1) is 15.1. The van der Waals surface area contributed by atoms with E-state index in [-0.39, 0.29) is 6.04 Å². The number of fused-ring (bicyclic) bond motifs is 1. The van der Waals surface area contributed by atoms with Crippen molar-refractivity contribution in [1.82, 2.24) is 4.90 Å². The Morgan fingerprint density at radius 1 is 1.40 bits per heavy atom. The van der Waals surface area contributed by atoms with Crippen molar-refractivity contribution in [1.29, 1.82) is 0 Å². The van der Waals surface area contributed by atoms with Crippen molar-refractivity contribution in [3.63, 3.8) is 0 Å². The van der Waals surface area contributed by atoms with Crippen molar-refractivity contribution in [2.75, 3.05) is 26.8 Å². The normalized spacial score (nSPS) is 21.4. The zero-order chi connectivity index (χ0) is 14.5. The van der Waals surface area contributed by atoms with Crippen molar-refractivity contribution >= 4 is 0 Å². The average Bonchev–Trinajstić information content (AvgIpc) is 2.49. The summed E-state index contributed by atoms with van der Waals surface area (Å²) in [6.45, 7) is 6.77. The van der Waals surface area contributed by atoms with Gasteiger partial charge in [-0.3, -0.25) is 4.90 Å². The minimum atomic E-state index is -0.523. The summed E-state index contributed by atoms with van der Waals surface area (Å²) in [5, 5.41) is 10.7. The highest BCUT2D eigenvalue weighted by Crippen LogP contribution is 2.36. The van der Waals surface area contributed by atoms with Gasteiger partial charge in [-0.2, -0.15) is 0 Å². The topological polar surface area (TPSA) is 41.9 Å². The molecule has 0 saturated heterocycles. The highest BCUT2D eigenvalue weighted by atomic mass is 16.5. The summed E-state index contributed by atoms with van der Waals surface area (Å²) < 4.78 is 11.0. The van der Waals surface area contributed by atoms with Crippen LogP contribution in [0, 0.1) is 0 Å². The summed E-state index contributed by atoms with van der Waals surface area (Å²) in [6, 6.07) is 5.63. The van der Waals surface area contributed by atoms with E-state index in [0.717, 1.165) is 43.0 Å². The number of methoxy groups -OCH3 is 1. The molecule has 4 nitrogen and oxygen atoms in total. The van der Waals surface area contributed by atoms with Crippen molar-refractivity contribution in [2.24, 2.45) is 0 Å². The van der Waals surface area contributed by atoms with E-state index in [9.17, 15) is 5.11 Å². The van der Waals surface area contributed by atoms with Gasteiger partial charge in [0.25, 0.3) is 0 Å². The van der Waals surface area contributed by atoms with E-state index in [0.29, 0.717) is 6.61 Å². The van der Waals surface area contributed by atoms with Crippen LogP contribution in [0.15, 0.2) is 18.2 Å². The lowest BCUT2D eigenvalue weighted by atomic mass is 9.97. The Balaban J connectivity index is 2.18. The highest BCUT2D eigenvalue weighted by molar-refractivity contribution is 5.43. The van der Waals surface area contributed by atoms with E-state index in [1.807, 2.05) is 18.2 Å². The SMILES string of the molecule is CCCCN(CC)C1COc2ccc(OC)cc2C1O. The van der Waals surface area contributed by atoms with Crippen LogP contribution in [0.4, 0.5) is 0 Å². The third-order valence-corrected chi connectivity index (χ3v) is 3.98. The van der Waals surface area contributed by atoms with Gasteiger partial charge in [-0.25, -0.2) is 0 Å². The fraction of sp³-hybridized carbons (Fsp3) is 0.625. The zero-order valence-corrected chi connectivity index (χ0v) is 12.6. The monoisotopic (exact) mass is 279 g/mol. The number of hydrogen-bond donors (Lipinski definition) is 1. The number of nitrogens with zero attached hydrogens (tertiary/aromatic N) is 1. The number of unbranched alkanes of at least 4 members (excludes halogenated alkanes) is 1. The van der Waals surface area contributed by atoms with Gasteiger partial charge in [0.1, 0.15) is 24.2 Å². The van der Waals surface area contributed by atoms with Crippen molar-refractivity contribution < 1.29 is 14.6 Å². The number of aliphatic hydroxyl groups excluding tert-OH is 1. The van der Waals surface area contributed by atoms with Gasteiger partial charge in [-0.15, -0.1) is 0 Å². The molecular weight excluding hydrogens is 254 g/mol. The molecule has 112 valence electrons. The first-order valence-corrected chi connectivity index (χ1v) is 7.44. The van der Waals surface area contributed by atoms with Crippen molar-refractivity contribution in [3.8, 4) is 11.5 Å². The van der Waals surface area contributed by atoms with Gasteiger partial charge in [-0.05, 0) is 37.7 Å². The second kappa shape index (κ2) is 6.95. The van der Waals surface area contributed by atoms with Gasteiger partial charge in [-0.1, -0.05) is 20.3 Å². The van der Waals surface area contributed by atoms with E-state index in [4.69, 9.17) is 9.47 Å². The Morgan fingerprint density at radius 3 is 2.85 bits per heavy atom.